The van der Waals surface area contributed by atoms with Crippen molar-refractivity contribution in [2.45, 2.75) is 0 Å². The van der Waals surface area contributed by atoms with Crippen molar-refractivity contribution in [3.8, 4) is 5.75 Å². The number of amides is 1. The fraction of sp³-hybridized carbons (Fsp3) is 0.0625. The van der Waals surface area contributed by atoms with E-state index in [2.05, 4.69) is 15.3 Å². The summed E-state index contributed by atoms with van der Waals surface area (Å²) in [5.41, 5.74) is 1.30. The van der Waals surface area contributed by atoms with Gasteiger partial charge in [-0.1, -0.05) is 0 Å². The van der Waals surface area contributed by atoms with Crippen molar-refractivity contribution in [3.05, 3.63) is 63.2 Å². The van der Waals surface area contributed by atoms with Crippen LogP contribution in [0.25, 0.3) is 10.9 Å². The van der Waals surface area contributed by atoms with Crippen LogP contribution in [0.5, 0.6) is 5.75 Å². The smallest absolute Gasteiger partial charge is 0.259 e. The first-order chi connectivity index (χ1) is 11.1. The molecule has 7 heteroatoms. The summed E-state index contributed by atoms with van der Waals surface area (Å²) in [4.78, 5) is 29.5. The molecule has 0 atom stereocenters. The molecular weight excluding hydrogens is 314 g/mol. The van der Waals surface area contributed by atoms with Gasteiger partial charge in [-0.15, -0.1) is 0 Å². The number of benzene rings is 2. The van der Waals surface area contributed by atoms with Crippen molar-refractivity contribution in [2.75, 3.05) is 12.4 Å². The highest BCUT2D eigenvalue weighted by Gasteiger charge is 2.08. The maximum atomic E-state index is 12.3. The van der Waals surface area contributed by atoms with Gasteiger partial charge in [-0.25, -0.2) is 0 Å². The Balaban J connectivity index is 1.91. The molecule has 2 aromatic carbocycles. The summed E-state index contributed by atoms with van der Waals surface area (Å²) < 4.78 is 5.29. The van der Waals surface area contributed by atoms with Crippen LogP contribution in [0, 0.1) is 4.77 Å². The number of hydrogen-bond acceptors (Lipinski definition) is 4. The number of H-pyrrole nitrogens is 2. The lowest BCUT2D eigenvalue weighted by atomic mass is 10.1. The summed E-state index contributed by atoms with van der Waals surface area (Å²) in [5, 5.41) is 3.23. The number of anilines is 1. The van der Waals surface area contributed by atoms with E-state index >= 15 is 0 Å². The van der Waals surface area contributed by atoms with Gasteiger partial charge in [0.1, 0.15) is 5.75 Å². The number of carbonyl (C=O) groups excluding carboxylic acids is 1. The van der Waals surface area contributed by atoms with Crippen LogP contribution in [-0.2, 0) is 0 Å². The van der Waals surface area contributed by atoms with Crippen LogP contribution in [0.2, 0.25) is 0 Å². The summed E-state index contributed by atoms with van der Waals surface area (Å²) in [6.07, 6.45) is 0. The quantitative estimate of drug-likeness (QED) is 0.646. The number of hydrogen-bond donors (Lipinski definition) is 3. The number of methoxy groups -OCH3 is 1. The molecule has 116 valence electrons. The van der Waals surface area contributed by atoms with Crippen LogP contribution in [-0.4, -0.2) is 23.0 Å². The highest BCUT2D eigenvalue weighted by molar-refractivity contribution is 7.71. The molecule has 0 radical (unpaired) electrons. The topological polar surface area (TPSA) is 87.0 Å². The van der Waals surface area contributed by atoms with Crippen molar-refractivity contribution in [3.63, 3.8) is 0 Å². The summed E-state index contributed by atoms with van der Waals surface area (Å²) in [5.74, 6) is 0.428. The van der Waals surface area contributed by atoms with Crippen LogP contribution >= 0.6 is 12.2 Å². The van der Waals surface area contributed by atoms with Gasteiger partial charge < -0.3 is 15.0 Å². The third-order valence-electron chi connectivity index (χ3n) is 3.35. The molecule has 6 nitrogen and oxygen atoms in total. The molecule has 0 fully saturated rings. The molecule has 1 amide bonds. The fourth-order valence-corrected chi connectivity index (χ4v) is 2.39. The predicted molar refractivity (Wildman–Crippen MR) is 90.7 cm³/mol. The molecule has 3 aromatic rings. The van der Waals surface area contributed by atoms with E-state index in [-0.39, 0.29) is 16.2 Å². The summed E-state index contributed by atoms with van der Waals surface area (Å²) in [7, 11) is 1.58. The first kappa shape index (κ1) is 15.0. The van der Waals surface area contributed by atoms with Crippen LogP contribution in [0.15, 0.2) is 47.3 Å². The number of nitrogens with one attached hydrogen (secondary N) is 3. The lowest BCUT2D eigenvalue weighted by Gasteiger charge is -2.07. The minimum atomic E-state index is -0.286. The second-order valence-electron chi connectivity index (χ2n) is 4.85. The lowest BCUT2D eigenvalue weighted by Crippen LogP contribution is -2.13. The second kappa shape index (κ2) is 6.05. The molecule has 23 heavy (non-hydrogen) atoms. The van der Waals surface area contributed by atoms with Gasteiger partial charge in [-0.05, 0) is 54.7 Å². The zero-order valence-electron chi connectivity index (χ0n) is 12.2. The molecule has 0 aliphatic carbocycles. The molecule has 0 spiro atoms. The zero-order chi connectivity index (χ0) is 16.4. The van der Waals surface area contributed by atoms with Crippen LogP contribution in [0.4, 0.5) is 5.69 Å². The summed E-state index contributed by atoms with van der Waals surface area (Å²) >= 11 is 4.94. The van der Waals surface area contributed by atoms with Crippen molar-refractivity contribution in [2.24, 2.45) is 0 Å². The predicted octanol–water partition coefficient (Wildman–Crippen LogP) is 2.85. The van der Waals surface area contributed by atoms with Gasteiger partial charge in [0.25, 0.3) is 11.5 Å². The van der Waals surface area contributed by atoms with E-state index in [1.807, 2.05) is 0 Å². The molecule has 3 rings (SSSR count). The Bertz CT molecular complexity index is 990. The largest absolute Gasteiger partial charge is 0.497 e. The standard InChI is InChI=1S/C16H13N3O3S/c1-22-11-5-3-10(4-6-11)17-14(20)9-2-7-12-13(8-9)18-16(23)19-15(12)21/h2-8H,1H3,(H,17,20)(H2,18,19,21,23). The molecule has 0 unspecified atom stereocenters. The lowest BCUT2D eigenvalue weighted by molar-refractivity contribution is 0.102. The third-order valence-corrected chi connectivity index (χ3v) is 3.55. The van der Waals surface area contributed by atoms with E-state index in [1.54, 1.807) is 49.6 Å². The molecule has 3 N–H and O–H groups in total. The normalized spacial score (nSPS) is 10.5. The Labute approximate surface area is 136 Å². The van der Waals surface area contributed by atoms with E-state index in [0.29, 0.717) is 27.9 Å². The number of aromatic amines is 2. The molecule has 1 heterocycles. The summed E-state index contributed by atoms with van der Waals surface area (Å²) in [6, 6.07) is 11.8. The Morgan fingerprint density at radius 2 is 1.87 bits per heavy atom. The number of aromatic nitrogens is 2. The minimum absolute atomic E-state index is 0.218. The van der Waals surface area contributed by atoms with Crippen molar-refractivity contribution in [1.82, 2.24) is 9.97 Å². The Morgan fingerprint density at radius 1 is 1.13 bits per heavy atom. The van der Waals surface area contributed by atoms with Gasteiger partial charge in [0.2, 0.25) is 0 Å². The van der Waals surface area contributed by atoms with Crippen LogP contribution < -0.4 is 15.6 Å². The summed E-state index contributed by atoms with van der Waals surface area (Å²) in [6.45, 7) is 0. The highest BCUT2D eigenvalue weighted by Crippen LogP contribution is 2.17. The van der Waals surface area contributed by atoms with Gasteiger partial charge in [0.05, 0.1) is 18.0 Å². The van der Waals surface area contributed by atoms with Crippen LogP contribution in [0.1, 0.15) is 10.4 Å². The molecule has 0 aliphatic rings. The highest BCUT2D eigenvalue weighted by atomic mass is 32.1. The first-order valence-corrected chi connectivity index (χ1v) is 7.19. The van der Waals surface area contributed by atoms with Crippen LogP contribution in [0.3, 0.4) is 0 Å². The second-order valence-corrected chi connectivity index (χ2v) is 5.26. The van der Waals surface area contributed by atoms with E-state index in [1.165, 1.54) is 0 Å². The number of rotatable bonds is 3. The molecule has 0 bridgehead atoms. The average Bonchev–Trinajstić information content (AvgIpc) is 2.54. The van der Waals surface area contributed by atoms with E-state index in [9.17, 15) is 9.59 Å². The van der Waals surface area contributed by atoms with Gasteiger partial charge in [0.15, 0.2) is 4.77 Å². The molecule has 0 saturated carbocycles. The SMILES string of the molecule is COc1ccc(NC(=O)c2ccc3c(=O)[nH]c(=S)[nH]c3c2)cc1. The Kier molecular flexibility index (Phi) is 3.94. The first-order valence-electron chi connectivity index (χ1n) is 6.78. The number of fused-ring (bicyclic) bond motifs is 1. The molecule has 1 aromatic heterocycles. The molecule has 0 aliphatic heterocycles. The van der Waals surface area contributed by atoms with Gasteiger partial charge in [0, 0.05) is 11.3 Å². The Morgan fingerprint density at radius 3 is 2.57 bits per heavy atom. The van der Waals surface area contributed by atoms with Gasteiger partial charge in [-0.2, -0.15) is 0 Å². The maximum absolute atomic E-state index is 12.3. The Hall–Kier alpha value is -2.93. The van der Waals surface area contributed by atoms with Crippen molar-refractivity contribution < 1.29 is 9.53 Å². The van der Waals surface area contributed by atoms with E-state index in [4.69, 9.17) is 17.0 Å². The van der Waals surface area contributed by atoms with Gasteiger partial charge in [-0.3, -0.25) is 14.6 Å². The molecular formula is C16H13N3O3S. The molecule has 0 saturated heterocycles. The van der Waals surface area contributed by atoms with Gasteiger partial charge >= 0.3 is 0 Å². The minimum Gasteiger partial charge on any atom is -0.497 e. The average molecular weight is 327 g/mol. The number of ether oxygens (including phenoxy) is 1. The third kappa shape index (κ3) is 3.14. The zero-order valence-corrected chi connectivity index (χ0v) is 13.0. The van der Waals surface area contributed by atoms with E-state index in [0.717, 1.165) is 0 Å². The van der Waals surface area contributed by atoms with Crippen molar-refractivity contribution >= 4 is 34.7 Å². The number of carbonyl (C=O) groups is 1. The maximum Gasteiger partial charge on any atom is 0.259 e. The monoisotopic (exact) mass is 327 g/mol. The fourth-order valence-electron chi connectivity index (χ4n) is 2.19. The van der Waals surface area contributed by atoms with Crippen molar-refractivity contribution in [1.29, 1.82) is 0 Å². The van der Waals surface area contributed by atoms with E-state index < -0.39 is 0 Å².